The third-order valence-corrected chi connectivity index (χ3v) is 7.96. The Hall–Kier alpha value is -2.75. The van der Waals surface area contributed by atoms with Crippen LogP contribution in [0.5, 0.6) is 0 Å². The van der Waals surface area contributed by atoms with E-state index in [4.69, 9.17) is 0 Å². The molecule has 0 spiro atoms. The molecule has 9 nitrogen and oxygen atoms in total. The van der Waals surface area contributed by atoms with Crippen LogP contribution in [0.3, 0.4) is 0 Å². The number of β-lactam (4-membered cyclic amide) rings is 1. The lowest BCUT2D eigenvalue weighted by Crippen LogP contribution is -2.58. The van der Waals surface area contributed by atoms with E-state index in [1.165, 1.54) is 17.8 Å². The number of fused-ring (bicyclic) bond motifs is 1. The van der Waals surface area contributed by atoms with Gasteiger partial charge in [-0.05, 0) is 6.92 Å². The minimum absolute atomic E-state index is 0.176. The Morgan fingerprint density at radius 3 is 2.65 bits per heavy atom. The molecule has 1 amide bonds. The number of hydrogen-bond acceptors (Lipinski definition) is 6. The number of sulfone groups is 1. The number of rotatable bonds is 4. The Morgan fingerprint density at radius 1 is 1.35 bits per heavy atom. The van der Waals surface area contributed by atoms with Crippen molar-refractivity contribution in [3.63, 3.8) is 0 Å². The number of nitrogens with zero attached hydrogens (tertiary/aromatic N) is 4. The van der Waals surface area contributed by atoms with Gasteiger partial charge in [0.15, 0.2) is 15.9 Å². The fourth-order valence-corrected chi connectivity index (χ4v) is 6.14. The molecule has 0 radical (unpaired) electrons. The van der Waals surface area contributed by atoms with Crippen molar-refractivity contribution in [1.29, 1.82) is 0 Å². The van der Waals surface area contributed by atoms with Gasteiger partial charge in [0.05, 0.1) is 24.9 Å². The normalized spacial score (nSPS) is 29.3. The largest absolute Gasteiger partial charge is 0.480 e. The molecule has 0 unspecified atom stereocenters. The average Bonchev–Trinajstić information content (AvgIpc) is 3.09. The van der Waals surface area contributed by atoms with Crippen molar-refractivity contribution in [3.05, 3.63) is 36.5 Å². The molecule has 1 N–H and O–H groups in total. The number of amides is 1. The Bertz CT molecular complexity index is 1000. The highest BCUT2D eigenvalue weighted by Gasteiger charge is 2.70. The van der Waals surface area contributed by atoms with E-state index in [2.05, 4.69) is 10.3 Å². The Kier molecular flexibility index (Phi) is 3.45. The maximum atomic E-state index is 13.0. The Balaban J connectivity index is 1.79. The summed E-state index contributed by atoms with van der Waals surface area (Å²) >= 11 is 0. The quantitative estimate of drug-likeness (QED) is 0.753. The zero-order valence-electron chi connectivity index (χ0n) is 13.8. The summed E-state index contributed by atoms with van der Waals surface area (Å²) in [5.74, 6) is -1.80. The van der Waals surface area contributed by atoms with Crippen molar-refractivity contribution in [1.82, 2.24) is 19.9 Å². The molecule has 3 heterocycles. The van der Waals surface area contributed by atoms with Crippen LogP contribution >= 0.6 is 0 Å². The highest BCUT2D eigenvalue weighted by atomic mass is 32.2. The highest BCUT2D eigenvalue weighted by Crippen LogP contribution is 2.47. The summed E-state index contributed by atoms with van der Waals surface area (Å²) < 4.78 is 25.7. The van der Waals surface area contributed by atoms with Gasteiger partial charge in [0.2, 0.25) is 5.91 Å². The number of hydrogen-bond donors (Lipinski definition) is 1. The van der Waals surface area contributed by atoms with Gasteiger partial charge in [-0.15, -0.1) is 5.10 Å². The van der Waals surface area contributed by atoms with Crippen LogP contribution in [0.1, 0.15) is 13.3 Å². The first-order chi connectivity index (χ1) is 12.3. The van der Waals surface area contributed by atoms with Crippen LogP contribution < -0.4 is 0 Å². The molecular weight excluding hydrogens is 360 g/mol. The van der Waals surface area contributed by atoms with Crippen molar-refractivity contribution in [2.75, 3.05) is 0 Å². The van der Waals surface area contributed by atoms with E-state index in [1.807, 2.05) is 30.3 Å². The van der Waals surface area contributed by atoms with Gasteiger partial charge in [-0.2, -0.15) is 0 Å². The molecule has 2 aromatic rings. The van der Waals surface area contributed by atoms with E-state index < -0.39 is 37.9 Å². The van der Waals surface area contributed by atoms with Crippen molar-refractivity contribution in [2.24, 2.45) is 0 Å². The smallest absolute Gasteiger partial charge is 0.328 e. The van der Waals surface area contributed by atoms with Gasteiger partial charge >= 0.3 is 5.97 Å². The number of aromatic nitrogens is 3. The Labute approximate surface area is 149 Å². The van der Waals surface area contributed by atoms with Gasteiger partial charge in [-0.1, -0.05) is 35.5 Å². The summed E-state index contributed by atoms with van der Waals surface area (Å²) in [5, 5.41) is 16.4. The van der Waals surface area contributed by atoms with E-state index in [9.17, 15) is 23.1 Å². The maximum Gasteiger partial charge on any atom is 0.328 e. The van der Waals surface area contributed by atoms with Gasteiger partial charge in [-0.25, -0.2) is 17.9 Å². The molecule has 2 saturated heterocycles. The summed E-state index contributed by atoms with van der Waals surface area (Å²) in [7, 11) is -3.89. The predicted molar refractivity (Wildman–Crippen MR) is 89.5 cm³/mol. The molecule has 2 fully saturated rings. The lowest BCUT2D eigenvalue weighted by Gasteiger charge is -2.35. The van der Waals surface area contributed by atoms with Crippen LogP contribution in [-0.4, -0.2) is 61.5 Å². The van der Waals surface area contributed by atoms with Gasteiger partial charge in [-0.3, -0.25) is 4.79 Å². The molecular formula is C16H16N4O5S. The Morgan fingerprint density at radius 2 is 2.04 bits per heavy atom. The predicted octanol–water partition coefficient (Wildman–Crippen LogP) is 0.144. The van der Waals surface area contributed by atoms with Crippen LogP contribution in [0.25, 0.3) is 11.3 Å². The second-order valence-electron chi connectivity index (χ2n) is 6.70. The van der Waals surface area contributed by atoms with Crippen LogP contribution in [0.15, 0.2) is 36.5 Å². The summed E-state index contributed by atoms with van der Waals surface area (Å²) in [6, 6.07) is 7.69. The van der Waals surface area contributed by atoms with Crippen LogP contribution in [-0.2, 0) is 26.0 Å². The third-order valence-electron chi connectivity index (χ3n) is 5.20. The minimum atomic E-state index is -3.89. The van der Waals surface area contributed by atoms with Gasteiger partial charge in [0.25, 0.3) is 0 Å². The molecule has 0 aliphatic carbocycles. The molecule has 3 atom stereocenters. The maximum absolute atomic E-state index is 13.0. The zero-order chi connectivity index (χ0) is 18.7. The highest BCUT2D eigenvalue weighted by molar-refractivity contribution is 7.93. The zero-order valence-corrected chi connectivity index (χ0v) is 14.6. The van der Waals surface area contributed by atoms with Crippen LogP contribution in [0, 0.1) is 0 Å². The van der Waals surface area contributed by atoms with Gasteiger partial charge < -0.3 is 10.0 Å². The van der Waals surface area contributed by atoms with E-state index in [1.54, 1.807) is 0 Å². The second kappa shape index (κ2) is 5.37. The topological polar surface area (TPSA) is 122 Å². The number of aliphatic carboxylic acids is 1. The summed E-state index contributed by atoms with van der Waals surface area (Å²) in [5.41, 5.74) is 1.36. The number of carboxylic acids is 1. The number of carboxylic acid groups (broad SMARTS) is 1. The first kappa shape index (κ1) is 16.7. The molecule has 1 aromatic heterocycles. The van der Waals surface area contributed by atoms with E-state index in [0.29, 0.717) is 5.69 Å². The fourth-order valence-electron chi connectivity index (χ4n) is 3.79. The molecule has 2 aliphatic heterocycles. The van der Waals surface area contributed by atoms with Gasteiger partial charge in [0.1, 0.15) is 10.1 Å². The molecule has 4 rings (SSSR count). The van der Waals surface area contributed by atoms with Crippen molar-refractivity contribution >= 4 is 21.7 Å². The molecule has 136 valence electrons. The lowest BCUT2D eigenvalue weighted by molar-refractivity contribution is -0.157. The first-order valence-electron chi connectivity index (χ1n) is 7.99. The summed E-state index contributed by atoms with van der Waals surface area (Å²) in [6.07, 6.45) is 1.32. The molecule has 26 heavy (non-hydrogen) atoms. The lowest BCUT2D eigenvalue weighted by atomic mass is 9.96. The monoisotopic (exact) mass is 376 g/mol. The number of benzene rings is 1. The average molecular weight is 376 g/mol. The first-order valence-corrected chi connectivity index (χ1v) is 9.53. The minimum Gasteiger partial charge on any atom is -0.480 e. The van der Waals surface area contributed by atoms with Crippen LogP contribution in [0.2, 0.25) is 0 Å². The summed E-state index contributed by atoms with van der Waals surface area (Å²) in [4.78, 5) is 24.6. The second-order valence-corrected chi connectivity index (χ2v) is 9.27. The van der Waals surface area contributed by atoms with E-state index in [0.717, 1.165) is 10.5 Å². The molecule has 0 saturated carbocycles. The standard InChI is InChI=1S/C16H16N4O5S/c1-16(9-19-11(8-17-18-19)10-5-3-2-4-6-10)14(15(22)23)20-12(21)7-13(20)26(16,24)25/h2-6,8,13-14H,7,9H2,1H3,(H,22,23)/t13-,14-,16-/m0/s1. The molecule has 1 aromatic carbocycles. The van der Waals surface area contributed by atoms with Crippen molar-refractivity contribution in [3.8, 4) is 11.3 Å². The van der Waals surface area contributed by atoms with E-state index in [-0.39, 0.29) is 13.0 Å². The van der Waals surface area contributed by atoms with Gasteiger partial charge in [0, 0.05) is 5.56 Å². The third kappa shape index (κ3) is 2.05. The number of carbonyl (C=O) groups is 2. The molecule has 0 bridgehead atoms. The van der Waals surface area contributed by atoms with E-state index >= 15 is 0 Å². The van der Waals surface area contributed by atoms with Crippen molar-refractivity contribution < 1.29 is 23.1 Å². The number of carbonyl (C=O) groups excluding carboxylic acids is 1. The summed E-state index contributed by atoms with van der Waals surface area (Å²) in [6.45, 7) is 1.15. The fraction of sp³-hybridized carbons (Fsp3) is 0.375. The van der Waals surface area contributed by atoms with Crippen molar-refractivity contribution in [2.45, 2.75) is 36.1 Å². The SMILES string of the molecule is C[C@]1(Cn2nncc2-c2ccccc2)[C@H](C(=O)O)N2C(=O)C[C@@H]2S1(=O)=O. The van der Waals surface area contributed by atoms with Crippen LogP contribution in [0.4, 0.5) is 0 Å². The molecule has 2 aliphatic rings. The molecule has 10 heteroatoms.